The van der Waals surface area contributed by atoms with Gasteiger partial charge in [-0.2, -0.15) is 0 Å². The largest absolute Gasteiger partial charge is 0.354 e. The maximum atomic E-state index is 11.5. The molecule has 0 saturated carbocycles. The fourth-order valence-corrected chi connectivity index (χ4v) is 2.92. The minimum atomic E-state index is 0.259. The molecular weight excluding hydrogens is 212 g/mol. The van der Waals surface area contributed by atoms with Gasteiger partial charge in [0.2, 0.25) is 5.91 Å². The monoisotopic (exact) mass is 230 g/mol. The molecule has 0 radical (unpaired) electrons. The van der Waals surface area contributed by atoms with Crippen LogP contribution in [0.25, 0.3) is 0 Å². The molecule has 2 unspecified atom stereocenters. The van der Waals surface area contributed by atoms with Gasteiger partial charge in [-0.1, -0.05) is 0 Å². The smallest absolute Gasteiger partial charge is 0.224 e. The van der Waals surface area contributed by atoms with Crippen LogP contribution in [0.4, 0.5) is 0 Å². The van der Waals surface area contributed by atoms with Gasteiger partial charge < -0.3 is 5.32 Å². The van der Waals surface area contributed by atoms with Crippen LogP contribution in [-0.2, 0) is 4.79 Å². The second-order valence-corrected chi connectivity index (χ2v) is 4.87. The third kappa shape index (κ3) is 2.45. The van der Waals surface area contributed by atoms with Crippen molar-refractivity contribution in [3.63, 3.8) is 0 Å². The standard InChI is InChI=1S/C11H19ClN2O/c12-5-1-2-6-14-7-3-4-9-10(14)8-13-11(9)15/h9-10H,1-8H2,(H,13,15). The highest BCUT2D eigenvalue weighted by atomic mass is 35.5. The zero-order chi connectivity index (χ0) is 10.7. The Morgan fingerprint density at radius 2 is 2.33 bits per heavy atom. The van der Waals surface area contributed by atoms with Crippen molar-refractivity contribution in [2.24, 2.45) is 5.92 Å². The molecule has 0 aromatic carbocycles. The van der Waals surface area contributed by atoms with Gasteiger partial charge in [-0.3, -0.25) is 9.69 Å². The molecule has 0 bridgehead atoms. The van der Waals surface area contributed by atoms with Crippen LogP contribution in [0, 0.1) is 5.92 Å². The molecule has 15 heavy (non-hydrogen) atoms. The number of nitrogens with zero attached hydrogens (tertiary/aromatic N) is 1. The second-order valence-electron chi connectivity index (χ2n) is 4.49. The first kappa shape index (κ1) is 11.2. The number of carbonyl (C=O) groups excluding carboxylic acids is 1. The molecule has 2 aliphatic heterocycles. The van der Waals surface area contributed by atoms with Gasteiger partial charge in [-0.15, -0.1) is 11.6 Å². The number of carbonyl (C=O) groups is 1. The van der Waals surface area contributed by atoms with E-state index >= 15 is 0 Å². The number of fused-ring (bicyclic) bond motifs is 1. The first-order valence-corrected chi connectivity index (χ1v) is 6.44. The van der Waals surface area contributed by atoms with E-state index in [-0.39, 0.29) is 11.8 Å². The van der Waals surface area contributed by atoms with Crippen LogP contribution in [0.2, 0.25) is 0 Å². The molecule has 4 heteroatoms. The lowest BCUT2D eigenvalue weighted by atomic mass is 9.91. The summed E-state index contributed by atoms with van der Waals surface area (Å²) in [6, 6.07) is 0.460. The van der Waals surface area contributed by atoms with E-state index in [4.69, 9.17) is 11.6 Å². The van der Waals surface area contributed by atoms with Gasteiger partial charge in [0.05, 0.1) is 5.92 Å². The Morgan fingerprint density at radius 3 is 3.13 bits per heavy atom. The fraction of sp³-hybridized carbons (Fsp3) is 0.909. The number of rotatable bonds is 4. The predicted octanol–water partition coefficient (Wildman–Crippen LogP) is 1.22. The van der Waals surface area contributed by atoms with Crippen LogP contribution in [0.15, 0.2) is 0 Å². The van der Waals surface area contributed by atoms with Crippen LogP contribution in [0.3, 0.4) is 0 Å². The molecule has 0 aliphatic carbocycles. The van der Waals surface area contributed by atoms with E-state index in [1.165, 1.54) is 0 Å². The van der Waals surface area contributed by atoms with Crippen molar-refractivity contribution >= 4 is 17.5 Å². The molecular formula is C11H19ClN2O. The number of piperidine rings is 1. The van der Waals surface area contributed by atoms with E-state index in [0.29, 0.717) is 6.04 Å². The Morgan fingerprint density at radius 1 is 1.47 bits per heavy atom. The van der Waals surface area contributed by atoms with Crippen molar-refractivity contribution in [2.45, 2.75) is 31.7 Å². The van der Waals surface area contributed by atoms with Gasteiger partial charge in [0.1, 0.15) is 0 Å². The fourth-order valence-electron chi connectivity index (χ4n) is 2.73. The predicted molar refractivity (Wildman–Crippen MR) is 61.0 cm³/mol. The summed E-state index contributed by atoms with van der Waals surface area (Å²) in [6.07, 6.45) is 4.47. The molecule has 1 amide bonds. The van der Waals surface area contributed by atoms with Gasteiger partial charge in [-0.05, 0) is 38.8 Å². The van der Waals surface area contributed by atoms with E-state index in [2.05, 4.69) is 10.2 Å². The summed E-state index contributed by atoms with van der Waals surface area (Å²) in [5, 5.41) is 2.98. The molecule has 2 aliphatic rings. The lowest BCUT2D eigenvalue weighted by molar-refractivity contribution is -0.124. The van der Waals surface area contributed by atoms with Crippen LogP contribution in [-0.4, -0.2) is 42.4 Å². The summed E-state index contributed by atoms with van der Waals surface area (Å²) in [5.74, 6) is 1.27. The third-order valence-electron chi connectivity index (χ3n) is 3.55. The molecule has 2 rings (SSSR count). The number of hydrogen-bond donors (Lipinski definition) is 1. The topological polar surface area (TPSA) is 32.3 Å². The summed E-state index contributed by atoms with van der Waals surface area (Å²) in [6.45, 7) is 3.10. The molecule has 2 saturated heterocycles. The number of amides is 1. The number of hydrogen-bond acceptors (Lipinski definition) is 2. The minimum Gasteiger partial charge on any atom is -0.354 e. The first-order chi connectivity index (χ1) is 7.33. The average Bonchev–Trinajstić information content (AvgIpc) is 2.62. The molecule has 1 N–H and O–H groups in total. The van der Waals surface area contributed by atoms with Crippen molar-refractivity contribution in [1.82, 2.24) is 10.2 Å². The molecule has 2 atom stereocenters. The van der Waals surface area contributed by atoms with Gasteiger partial charge in [-0.25, -0.2) is 0 Å². The highest BCUT2D eigenvalue weighted by Crippen LogP contribution is 2.27. The SMILES string of the molecule is O=C1NCC2C1CCCN2CCCCCl. The lowest BCUT2D eigenvalue weighted by Crippen LogP contribution is -2.45. The van der Waals surface area contributed by atoms with Gasteiger partial charge >= 0.3 is 0 Å². The summed E-state index contributed by atoms with van der Waals surface area (Å²) in [7, 11) is 0. The Bertz CT molecular complexity index is 235. The van der Waals surface area contributed by atoms with Crippen molar-refractivity contribution in [3.05, 3.63) is 0 Å². The van der Waals surface area contributed by atoms with Crippen molar-refractivity contribution in [2.75, 3.05) is 25.5 Å². The summed E-state index contributed by atoms with van der Waals surface area (Å²) in [4.78, 5) is 14.0. The number of alkyl halides is 1. The van der Waals surface area contributed by atoms with Crippen LogP contribution in [0.5, 0.6) is 0 Å². The molecule has 3 nitrogen and oxygen atoms in total. The number of nitrogens with one attached hydrogen (secondary N) is 1. The van der Waals surface area contributed by atoms with Gasteiger partial charge in [0.25, 0.3) is 0 Å². The highest BCUT2D eigenvalue weighted by molar-refractivity contribution is 6.17. The summed E-state index contributed by atoms with van der Waals surface area (Å²) >= 11 is 5.67. The molecule has 0 aromatic heterocycles. The summed E-state index contributed by atoms with van der Waals surface area (Å²) in [5.41, 5.74) is 0. The van der Waals surface area contributed by atoms with Crippen molar-refractivity contribution < 1.29 is 4.79 Å². The van der Waals surface area contributed by atoms with Crippen LogP contribution in [0.1, 0.15) is 25.7 Å². The number of likely N-dealkylation sites (tertiary alicyclic amines) is 1. The van der Waals surface area contributed by atoms with E-state index in [1.807, 2.05) is 0 Å². The molecule has 0 spiro atoms. The molecule has 86 valence electrons. The Kier molecular flexibility index (Phi) is 3.87. The maximum Gasteiger partial charge on any atom is 0.224 e. The Hall–Kier alpha value is -0.280. The zero-order valence-electron chi connectivity index (χ0n) is 9.04. The maximum absolute atomic E-state index is 11.5. The number of halogens is 1. The normalized spacial score (nSPS) is 31.4. The third-order valence-corrected chi connectivity index (χ3v) is 3.81. The molecule has 2 heterocycles. The van der Waals surface area contributed by atoms with Crippen molar-refractivity contribution in [1.29, 1.82) is 0 Å². The average molecular weight is 231 g/mol. The summed E-state index contributed by atoms with van der Waals surface area (Å²) < 4.78 is 0. The highest BCUT2D eigenvalue weighted by Gasteiger charge is 2.40. The Balaban J connectivity index is 1.86. The van der Waals surface area contributed by atoms with Gasteiger partial charge in [0.15, 0.2) is 0 Å². The second kappa shape index (κ2) is 5.17. The van der Waals surface area contributed by atoms with Crippen LogP contribution >= 0.6 is 11.6 Å². The first-order valence-electron chi connectivity index (χ1n) is 5.90. The molecule has 2 fully saturated rings. The van der Waals surface area contributed by atoms with E-state index in [9.17, 15) is 4.79 Å². The van der Waals surface area contributed by atoms with Gasteiger partial charge in [0, 0.05) is 18.5 Å². The minimum absolute atomic E-state index is 0.259. The molecule has 0 aromatic rings. The van der Waals surface area contributed by atoms with Crippen LogP contribution < -0.4 is 5.32 Å². The number of unbranched alkanes of at least 4 members (excludes halogenated alkanes) is 1. The Labute approximate surface area is 96.2 Å². The van der Waals surface area contributed by atoms with E-state index < -0.39 is 0 Å². The quantitative estimate of drug-likeness (QED) is 0.582. The van der Waals surface area contributed by atoms with Crippen molar-refractivity contribution in [3.8, 4) is 0 Å². The lowest BCUT2D eigenvalue weighted by Gasteiger charge is -2.35. The van der Waals surface area contributed by atoms with E-state index in [0.717, 1.165) is 51.2 Å². The van der Waals surface area contributed by atoms with E-state index in [1.54, 1.807) is 0 Å². The zero-order valence-corrected chi connectivity index (χ0v) is 9.80.